The zero-order valence-electron chi connectivity index (χ0n) is 14.4. The molecule has 0 unspecified atom stereocenters. The van der Waals surface area contributed by atoms with E-state index < -0.39 is 11.9 Å². The van der Waals surface area contributed by atoms with Gasteiger partial charge in [-0.3, -0.25) is 14.4 Å². The lowest BCUT2D eigenvalue weighted by Gasteiger charge is -2.19. The summed E-state index contributed by atoms with van der Waals surface area (Å²) in [6.45, 7) is 4.63. The van der Waals surface area contributed by atoms with Gasteiger partial charge in [0, 0.05) is 31.7 Å². The van der Waals surface area contributed by atoms with E-state index in [2.05, 4.69) is 16.0 Å². The Morgan fingerprint density at radius 3 is 2.44 bits per heavy atom. The van der Waals surface area contributed by atoms with E-state index in [-0.39, 0.29) is 18.4 Å². The quantitative estimate of drug-likeness (QED) is 0.539. The molecule has 0 aliphatic heterocycles. The van der Waals surface area contributed by atoms with Crippen LogP contribution in [0.2, 0.25) is 5.02 Å². The van der Waals surface area contributed by atoms with Crippen LogP contribution in [0.4, 0.5) is 0 Å². The molecule has 3 amide bonds. The number of nitrogens with one attached hydrogen (secondary N) is 3. The summed E-state index contributed by atoms with van der Waals surface area (Å²) in [6.07, 6.45) is 0.673. The van der Waals surface area contributed by atoms with Crippen molar-refractivity contribution >= 4 is 29.3 Å². The smallest absolute Gasteiger partial charge is 0.247 e. The van der Waals surface area contributed by atoms with Gasteiger partial charge in [0.15, 0.2) is 0 Å². The summed E-state index contributed by atoms with van der Waals surface area (Å²) in [4.78, 5) is 35.3. The SMILES string of the molecule is CCOCCCNC(=O)[C@@H](NC(=O)CNC(C)=O)c1ccc(Cl)cc1. The van der Waals surface area contributed by atoms with Crippen molar-refractivity contribution in [3.05, 3.63) is 34.9 Å². The number of ether oxygens (including phenoxy) is 1. The predicted molar refractivity (Wildman–Crippen MR) is 95.1 cm³/mol. The minimum Gasteiger partial charge on any atom is -0.382 e. The lowest BCUT2D eigenvalue weighted by atomic mass is 10.1. The third-order valence-electron chi connectivity index (χ3n) is 3.24. The molecule has 1 rings (SSSR count). The first-order valence-corrected chi connectivity index (χ1v) is 8.46. The van der Waals surface area contributed by atoms with Crippen LogP contribution in [-0.4, -0.2) is 44.0 Å². The Morgan fingerprint density at radius 2 is 1.84 bits per heavy atom. The van der Waals surface area contributed by atoms with Crippen LogP contribution in [0.15, 0.2) is 24.3 Å². The zero-order valence-corrected chi connectivity index (χ0v) is 15.2. The average molecular weight is 370 g/mol. The van der Waals surface area contributed by atoms with Crippen LogP contribution in [-0.2, 0) is 19.1 Å². The maximum atomic E-state index is 12.4. The first-order chi connectivity index (χ1) is 11.9. The number of amides is 3. The summed E-state index contributed by atoms with van der Waals surface area (Å²) >= 11 is 5.87. The first-order valence-electron chi connectivity index (χ1n) is 8.08. The molecule has 0 aliphatic carbocycles. The summed E-state index contributed by atoms with van der Waals surface area (Å²) in [5.74, 6) is -1.12. The molecule has 0 saturated carbocycles. The normalized spacial score (nSPS) is 11.5. The van der Waals surface area contributed by atoms with Gasteiger partial charge in [-0.1, -0.05) is 23.7 Å². The van der Waals surface area contributed by atoms with E-state index >= 15 is 0 Å². The van der Waals surface area contributed by atoms with Crippen LogP contribution < -0.4 is 16.0 Å². The molecule has 8 heteroatoms. The van der Waals surface area contributed by atoms with E-state index in [4.69, 9.17) is 16.3 Å². The molecule has 3 N–H and O–H groups in total. The van der Waals surface area contributed by atoms with Gasteiger partial charge in [0.1, 0.15) is 6.04 Å². The molecule has 0 radical (unpaired) electrons. The maximum absolute atomic E-state index is 12.4. The topological polar surface area (TPSA) is 96.5 Å². The molecule has 0 aromatic heterocycles. The third-order valence-corrected chi connectivity index (χ3v) is 3.49. The van der Waals surface area contributed by atoms with Crippen molar-refractivity contribution < 1.29 is 19.1 Å². The minimum atomic E-state index is -0.870. The molecule has 1 aromatic carbocycles. The number of carbonyl (C=O) groups is 3. The fraction of sp³-hybridized carbons (Fsp3) is 0.471. The van der Waals surface area contributed by atoms with Gasteiger partial charge in [0.05, 0.1) is 6.54 Å². The van der Waals surface area contributed by atoms with E-state index in [0.29, 0.717) is 36.8 Å². The second-order valence-electron chi connectivity index (χ2n) is 5.30. The maximum Gasteiger partial charge on any atom is 0.247 e. The van der Waals surface area contributed by atoms with Crippen molar-refractivity contribution in [1.82, 2.24) is 16.0 Å². The summed E-state index contributed by atoms with van der Waals surface area (Å²) in [5.41, 5.74) is 0.600. The van der Waals surface area contributed by atoms with Gasteiger partial charge in [-0.25, -0.2) is 0 Å². The number of halogens is 1. The molecule has 0 heterocycles. The first kappa shape index (κ1) is 20.9. The van der Waals surface area contributed by atoms with Crippen LogP contribution in [0.25, 0.3) is 0 Å². The molecule has 1 aromatic rings. The highest BCUT2D eigenvalue weighted by Crippen LogP contribution is 2.17. The van der Waals surface area contributed by atoms with Crippen molar-refractivity contribution in [2.45, 2.75) is 26.3 Å². The van der Waals surface area contributed by atoms with Crippen molar-refractivity contribution in [3.63, 3.8) is 0 Å². The Bertz CT molecular complexity index is 578. The fourth-order valence-corrected chi connectivity index (χ4v) is 2.13. The summed E-state index contributed by atoms with van der Waals surface area (Å²) in [6, 6.07) is 5.76. The second-order valence-corrected chi connectivity index (χ2v) is 5.74. The number of carbonyl (C=O) groups excluding carboxylic acids is 3. The Kier molecular flexibility index (Phi) is 9.57. The lowest BCUT2D eigenvalue weighted by Crippen LogP contribution is -2.44. The molecule has 7 nitrogen and oxygen atoms in total. The molecule has 0 fully saturated rings. The van der Waals surface area contributed by atoms with Crippen molar-refractivity contribution in [1.29, 1.82) is 0 Å². The van der Waals surface area contributed by atoms with E-state index in [1.54, 1.807) is 24.3 Å². The van der Waals surface area contributed by atoms with Gasteiger partial charge in [0.2, 0.25) is 17.7 Å². The van der Waals surface area contributed by atoms with E-state index in [1.807, 2.05) is 6.92 Å². The molecular formula is C17H24ClN3O4. The van der Waals surface area contributed by atoms with Crippen molar-refractivity contribution in [3.8, 4) is 0 Å². The Morgan fingerprint density at radius 1 is 1.16 bits per heavy atom. The third kappa shape index (κ3) is 8.51. The molecule has 0 spiro atoms. The van der Waals surface area contributed by atoms with E-state index in [0.717, 1.165) is 0 Å². The van der Waals surface area contributed by atoms with Gasteiger partial charge in [-0.15, -0.1) is 0 Å². The largest absolute Gasteiger partial charge is 0.382 e. The molecule has 0 aliphatic rings. The Balaban J connectivity index is 2.70. The minimum absolute atomic E-state index is 0.197. The van der Waals surface area contributed by atoms with Crippen molar-refractivity contribution in [2.24, 2.45) is 0 Å². The van der Waals surface area contributed by atoms with Crippen LogP contribution in [0.1, 0.15) is 31.9 Å². The highest BCUT2D eigenvalue weighted by Gasteiger charge is 2.22. The predicted octanol–water partition coefficient (Wildman–Crippen LogP) is 1.18. The highest BCUT2D eigenvalue weighted by molar-refractivity contribution is 6.30. The number of hydrogen-bond acceptors (Lipinski definition) is 4. The molecule has 0 saturated heterocycles. The average Bonchev–Trinajstić information content (AvgIpc) is 2.58. The molecular weight excluding hydrogens is 346 g/mol. The molecule has 25 heavy (non-hydrogen) atoms. The van der Waals surface area contributed by atoms with Crippen LogP contribution >= 0.6 is 11.6 Å². The zero-order chi connectivity index (χ0) is 18.7. The second kappa shape index (κ2) is 11.4. The summed E-state index contributed by atoms with van der Waals surface area (Å²) < 4.78 is 5.22. The highest BCUT2D eigenvalue weighted by atomic mass is 35.5. The summed E-state index contributed by atoms with van der Waals surface area (Å²) in [7, 11) is 0. The van der Waals surface area contributed by atoms with Crippen LogP contribution in [0.5, 0.6) is 0 Å². The standard InChI is InChI=1S/C17H24ClN3O4/c1-3-25-10-4-9-19-17(24)16(13-5-7-14(18)8-6-13)21-15(23)11-20-12(2)22/h5-8,16H,3-4,9-11H2,1-2H3,(H,19,24)(H,20,22)(H,21,23)/t16-/m0/s1. The molecule has 1 atom stereocenters. The van der Waals surface area contributed by atoms with Gasteiger partial charge < -0.3 is 20.7 Å². The van der Waals surface area contributed by atoms with Gasteiger partial charge in [-0.05, 0) is 31.0 Å². The van der Waals surface area contributed by atoms with Crippen LogP contribution in [0.3, 0.4) is 0 Å². The van der Waals surface area contributed by atoms with Gasteiger partial charge in [0.25, 0.3) is 0 Å². The Labute approximate surface area is 152 Å². The summed E-state index contributed by atoms with van der Waals surface area (Å²) in [5, 5.41) is 8.32. The van der Waals surface area contributed by atoms with Crippen molar-refractivity contribution in [2.75, 3.05) is 26.3 Å². The fourth-order valence-electron chi connectivity index (χ4n) is 2.00. The molecule has 138 valence electrons. The van der Waals surface area contributed by atoms with E-state index in [1.165, 1.54) is 6.92 Å². The van der Waals surface area contributed by atoms with E-state index in [9.17, 15) is 14.4 Å². The Hall–Kier alpha value is -2.12. The lowest BCUT2D eigenvalue weighted by molar-refractivity contribution is -0.129. The van der Waals surface area contributed by atoms with Crippen LogP contribution in [0, 0.1) is 0 Å². The van der Waals surface area contributed by atoms with Gasteiger partial charge >= 0.3 is 0 Å². The number of hydrogen-bond donors (Lipinski definition) is 3. The van der Waals surface area contributed by atoms with Gasteiger partial charge in [-0.2, -0.15) is 0 Å². The number of rotatable bonds is 10. The number of benzene rings is 1. The molecule has 0 bridgehead atoms. The monoisotopic (exact) mass is 369 g/mol.